The van der Waals surface area contributed by atoms with Gasteiger partial charge < -0.3 is 24.8 Å². The Morgan fingerprint density at radius 2 is 2.06 bits per heavy atom. The molecule has 11 nitrogen and oxygen atoms in total. The van der Waals surface area contributed by atoms with E-state index in [1.54, 1.807) is 42.5 Å². The zero-order valence-corrected chi connectivity index (χ0v) is 19.1. The molecular weight excluding hydrogens is 452 g/mol. The van der Waals surface area contributed by atoms with E-state index < -0.39 is 6.09 Å². The highest BCUT2D eigenvalue weighted by atomic mass is 16.6. The first-order valence-corrected chi connectivity index (χ1v) is 11.4. The van der Waals surface area contributed by atoms with Crippen molar-refractivity contribution in [2.24, 2.45) is 0 Å². The molecular formula is C24H24N6O5. The molecule has 2 saturated heterocycles. The molecule has 0 unspecified atom stereocenters. The van der Waals surface area contributed by atoms with Gasteiger partial charge in [-0.1, -0.05) is 0 Å². The molecule has 35 heavy (non-hydrogen) atoms. The van der Waals surface area contributed by atoms with Gasteiger partial charge in [-0.2, -0.15) is 0 Å². The third-order valence-corrected chi connectivity index (χ3v) is 6.33. The molecule has 1 atom stereocenters. The lowest BCUT2D eigenvalue weighted by Gasteiger charge is -2.40. The maximum atomic E-state index is 12.5. The van der Waals surface area contributed by atoms with Gasteiger partial charge in [-0.15, -0.1) is 0 Å². The van der Waals surface area contributed by atoms with Crippen LogP contribution in [0.4, 0.5) is 21.9 Å². The van der Waals surface area contributed by atoms with Crippen molar-refractivity contribution in [3.05, 3.63) is 42.6 Å². The van der Waals surface area contributed by atoms with Crippen LogP contribution in [0.2, 0.25) is 0 Å². The van der Waals surface area contributed by atoms with Gasteiger partial charge in [-0.3, -0.25) is 19.6 Å². The molecule has 5 heterocycles. The van der Waals surface area contributed by atoms with Crippen molar-refractivity contribution in [2.75, 3.05) is 55.4 Å². The Kier molecular flexibility index (Phi) is 5.25. The fourth-order valence-corrected chi connectivity index (χ4v) is 4.62. The normalized spacial score (nSPS) is 20.0. The zero-order valence-electron chi connectivity index (χ0n) is 19.1. The summed E-state index contributed by atoms with van der Waals surface area (Å²) in [4.78, 5) is 36.9. The number of likely N-dealkylation sites (tertiary alicyclic amines) is 1. The molecule has 0 radical (unpaired) electrons. The van der Waals surface area contributed by atoms with Crippen molar-refractivity contribution < 1.29 is 23.8 Å². The van der Waals surface area contributed by atoms with E-state index >= 15 is 0 Å². The minimum atomic E-state index is -0.392. The fraction of sp³-hybridized carbons (Fsp3) is 0.333. The van der Waals surface area contributed by atoms with Crippen molar-refractivity contribution in [3.8, 4) is 11.6 Å². The first-order valence-electron chi connectivity index (χ1n) is 11.4. The van der Waals surface area contributed by atoms with E-state index in [4.69, 9.17) is 14.2 Å². The highest BCUT2D eigenvalue weighted by molar-refractivity contribution is 5.97. The van der Waals surface area contributed by atoms with Crippen molar-refractivity contribution in [1.29, 1.82) is 0 Å². The summed E-state index contributed by atoms with van der Waals surface area (Å²) in [6, 6.07) is 11.1. The van der Waals surface area contributed by atoms with Gasteiger partial charge in [0.15, 0.2) is 6.61 Å². The Balaban J connectivity index is 1.05. The van der Waals surface area contributed by atoms with Crippen molar-refractivity contribution in [1.82, 2.24) is 14.9 Å². The number of hydrogen-bond acceptors (Lipinski definition) is 9. The number of fused-ring (bicyclic) bond motifs is 2. The SMILES string of the molecule is COc1ccc2nccc(NC3CN(C[C@@H]4CN(c5ccc6c(c5)NC(=O)CO6)C(=O)O4)C3)c2n1. The van der Waals surface area contributed by atoms with Crippen LogP contribution < -0.4 is 25.0 Å². The number of amides is 2. The van der Waals surface area contributed by atoms with Gasteiger partial charge in [0.1, 0.15) is 17.4 Å². The van der Waals surface area contributed by atoms with E-state index in [9.17, 15) is 9.59 Å². The van der Waals surface area contributed by atoms with Gasteiger partial charge in [0.25, 0.3) is 5.91 Å². The molecule has 2 amide bonds. The average molecular weight is 476 g/mol. The Morgan fingerprint density at radius 1 is 1.17 bits per heavy atom. The van der Waals surface area contributed by atoms with Crippen LogP contribution in [-0.2, 0) is 9.53 Å². The summed E-state index contributed by atoms with van der Waals surface area (Å²) >= 11 is 0. The van der Waals surface area contributed by atoms with Gasteiger partial charge in [-0.05, 0) is 30.3 Å². The van der Waals surface area contributed by atoms with Crippen LogP contribution in [0.15, 0.2) is 42.6 Å². The standard InChI is InChI=1S/C24H24N6O5/c1-33-22-5-3-17-23(28-22)18(6-7-25-17)26-14-9-29(10-14)11-16-12-30(24(32)35-16)15-2-4-20-19(8-15)27-21(31)13-34-20/h2-8,14,16H,9-13H2,1H3,(H,25,26)(H,27,31)/t16-/m1/s1. The van der Waals surface area contributed by atoms with Gasteiger partial charge in [0, 0.05) is 37.6 Å². The second-order valence-corrected chi connectivity index (χ2v) is 8.77. The van der Waals surface area contributed by atoms with E-state index in [-0.39, 0.29) is 24.7 Å². The van der Waals surface area contributed by atoms with Crippen LogP contribution in [-0.4, -0.2) is 78.9 Å². The first kappa shape index (κ1) is 21.4. The van der Waals surface area contributed by atoms with E-state index in [2.05, 4.69) is 25.5 Å². The van der Waals surface area contributed by atoms with Crippen LogP contribution in [0.1, 0.15) is 0 Å². The summed E-state index contributed by atoms with van der Waals surface area (Å²) in [5.41, 5.74) is 3.72. The van der Waals surface area contributed by atoms with Gasteiger partial charge in [0.05, 0.1) is 36.6 Å². The van der Waals surface area contributed by atoms with Crippen LogP contribution in [0.5, 0.6) is 11.6 Å². The number of anilines is 3. The molecule has 0 bridgehead atoms. The summed E-state index contributed by atoms with van der Waals surface area (Å²) in [6.45, 7) is 2.73. The number of hydrogen-bond donors (Lipinski definition) is 2. The third-order valence-electron chi connectivity index (χ3n) is 6.33. The van der Waals surface area contributed by atoms with E-state index in [1.807, 2.05) is 12.1 Å². The maximum Gasteiger partial charge on any atom is 0.414 e. The van der Waals surface area contributed by atoms with Crippen LogP contribution in [0.3, 0.4) is 0 Å². The number of benzene rings is 1. The summed E-state index contributed by atoms with van der Waals surface area (Å²) in [5, 5.41) is 6.31. The lowest BCUT2D eigenvalue weighted by Crippen LogP contribution is -2.56. The largest absolute Gasteiger partial charge is 0.482 e. The highest BCUT2D eigenvalue weighted by Crippen LogP contribution is 2.34. The number of carbonyl (C=O) groups excluding carboxylic acids is 2. The Bertz CT molecular complexity index is 1310. The van der Waals surface area contributed by atoms with Gasteiger partial charge >= 0.3 is 6.09 Å². The maximum absolute atomic E-state index is 12.5. The number of carbonyl (C=O) groups is 2. The fourth-order valence-electron chi connectivity index (χ4n) is 4.62. The number of methoxy groups -OCH3 is 1. The molecule has 2 fully saturated rings. The highest BCUT2D eigenvalue weighted by Gasteiger charge is 2.37. The summed E-state index contributed by atoms with van der Waals surface area (Å²) in [5.74, 6) is 0.921. The molecule has 180 valence electrons. The molecule has 3 aliphatic rings. The average Bonchev–Trinajstić information content (AvgIpc) is 3.22. The van der Waals surface area contributed by atoms with Crippen molar-refractivity contribution in [2.45, 2.75) is 12.1 Å². The Labute approximate surface area is 201 Å². The second-order valence-electron chi connectivity index (χ2n) is 8.77. The van der Waals surface area contributed by atoms with Gasteiger partial charge in [0.2, 0.25) is 5.88 Å². The minimum Gasteiger partial charge on any atom is -0.482 e. The predicted octanol–water partition coefficient (Wildman–Crippen LogP) is 2.09. The van der Waals surface area contributed by atoms with E-state index in [1.165, 1.54) is 0 Å². The van der Waals surface area contributed by atoms with Crippen LogP contribution in [0, 0.1) is 0 Å². The van der Waals surface area contributed by atoms with Crippen molar-refractivity contribution in [3.63, 3.8) is 0 Å². The lowest BCUT2D eigenvalue weighted by atomic mass is 10.1. The monoisotopic (exact) mass is 476 g/mol. The number of cyclic esters (lactones) is 1. The predicted molar refractivity (Wildman–Crippen MR) is 128 cm³/mol. The van der Waals surface area contributed by atoms with Crippen LogP contribution >= 0.6 is 0 Å². The quantitative estimate of drug-likeness (QED) is 0.551. The molecule has 11 heteroatoms. The number of nitrogens with zero attached hydrogens (tertiary/aromatic N) is 4. The summed E-state index contributed by atoms with van der Waals surface area (Å²) < 4.78 is 16.3. The molecule has 0 aliphatic carbocycles. The molecule has 1 aromatic carbocycles. The minimum absolute atomic E-state index is 0.00600. The Hall–Kier alpha value is -4.12. The number of nitrogens with one attached hydrogen (secondary N) is 2. The topological polar surface area (TPSA) is 118 Å². The summed E-state index contributed by atoms with van der Waals surface area (Å²) in [6.07, 6.45) is 1.13. The van der Waals surface area contributed by atoms with E-state index in [0.717, 1.165) is 29.8 Å². The number of ether oxygens (including phenoxy) is 3. The second kappa shape index (κ2) is 8.58. The number of pyridine rings is 2. The molecule has 6 rings (SSSR count). The van der Waals surface area contributed by atoms with Crippen LogP contribution in [0.25, 0.3) is 11.0 Å². The molecule has 2 N–H and O–H groups in total. The Morgan fingerprint density at radius 3 is 2.91 bits per heavy atom. The molecule has 0 spiro atoms. The molecule has 3 aromatic rings. The van der Waals surface area contributed by atoms with Gasteiger partial charge in [-0.25, -0.2) is 9.78 Å². The smallest absolute Gasteiger partial charge is 0.414 e. The molecule has 3 aliphatic heterocycles. The first-order chi connectivity index (χ1) is 17.1. The van der Waals surface area contributed by atoms with Crippen molar-refractivity contribution >= 4 is 40.1 Å². The number of aromatic nitrogens is 2. The van der Waals surface area contributed by atoms with E-state index in [0.29, 0.717) is 36.1 Å². The molecule has 0 saturated carbocycles. The molecule has 2 aromatic heterocycles. The summed E-state index contributed by atoms with van der Waals surface area (Å²) in [7, 11) is 1.59. The third kappa shape index (κ3) is 4.14. The number of rotatable bonds is 6. The zero-order chi connectivity index (χ0) is 23.9. The lowest BCUT2D eigenvalue weighted by molar-refractivity contribution is -0.118.